The molecule has 0 bridgehead atoms. The molecule has 270 valence electrons. The summed E-state index contributed by atoms with van der Waals surface area (Å²) in [5.74, 6) is -0.574. The molecule has 0 unspecified atom stereocenters. The number of rotatable bonds is 11. The van der Waals surface area contributed by atoms with E-state index in [2.05, 4.69) is 20.6 Å². The number of anilines is 1. The van der Waals surface area contributed by atoms with Gasteiger partial charge in [-0.1, -0.05) is 19.4 Å². The largest absolute Gasteiger partial charge is 0.444 e. The van der Waals surface area contributed by atoms with Gasteiger partial charge in [0.05, 0.1) is 23.6 Å². The predicted molar refractivity (Wildman–Crippen MR) is 190 cm³/mol. The van der Waals surface area contributed by atoms with Crippen LogP contribution in [0.15, 0.2) is 36.4 Å². The van der Waals surface area contributed by atoms with Crippen LogP contribution in [0.4, 0.5) is 15.3 Å². The lowest BCUT2D eigenvalue weighted by Crippen LogP contribution is -2.42. The second-order valence-electron chi connectivity index (χ2n) is 14.6. The third kappa shape index (κ3) is 10.1. The predicted octanol–water partition coefficient (Wildman–Crippen LogP) is 6.53. The van der Waals surface area contributed by atoms with Gasteiger partial charge in [-0.05, 0) is 104 Å². The van der Waals surface area contributed by atoms with Crippen LogP contribution >= 0.6 is 0 Å². The smallest absolute Gasteiger partial charge is 0.410 e. The summed E-state index contributed by atoms with van der Waals surface area (Å²) < 4.78 is 11.1. The summed E-state index contributed by atoms with van der Waals surface area (Å²) in [4.78, 5) is 75.9. The molecule has 3 N–H and O–H groups in total. The molecule has 2 heterocycles. The van der Waals surface area contributed by atoms with Crippen LogP contribution in [-0.4, -0.2) is 86.9 Å². The quantitative estimate of drug-likeness (QED) is 0.191. The highest BCUT2D eigenvalue weighted by atomic mass is 16.6. The molecular formula is C37H50N6O7. The van der Waals surface area contributed by atoms with Gasteiger partial charge in [-0.2, -0.15) is 0 Å². The van der Waals surface area contributed by atoms with Crippen LogP contribution < -0.4 is 10.6 Å². The Balaban J connectivity index is 1.38. The molecule has 1 fully saturated rings. The summed E-state index contributed by atoms with van der Waals surface area (Å²) in [7, 11) is 0. The molecule has 13 heteroatoms. The SMILES string of the molecule is CCCCN(CC(=O)Nc1cccc(C(=O)NCC(=O)c2ccc3nc([C@@H]4CCCN4C(=O)OC(C)(C)C)[nH]c3c2)c1C)C(=O)OC(C)(C)C. The number of aromatic amines is 1. The molecule has 4 rings (SSSR count). The molecule has 13 nitrogen and oxygen atoms in total. The van der Waals surface area contributed by atoms with E-state index in [0.717, 1.165) is 19.3 Å². The van der Waals surface area contributed by atoms with Crippen LogP contribution in [-0.2, 0) is 14.3 Å². The molecule has 50 heavy (non-hydrogen) atoms. The zero-order chi connectivity index (χ0) is 36.8. The van der Waals surface area contributed by atoms with Crippen LogP contribution in [0.2, 0.25) is 0 Å². The van der Waals surface area contributed by atoms with Crippen molar-refractivity contribution in [2.45, 2.75) is 98.3 Å². The fourth-order valence-electron chi connectivity index (χ4n) is 5.60. The van der Waals surface area contributed by atoms with Gasteiger partial charge in [0.15, 0.2) is 5.78 Å². The monoisotopic (exact) mass is 690 g/mol. The lowest BCUT2D eigenvalue weighted by atomic mass is 10.1. The normalized spacial score (nSPS) is 14.7. The van der Waals surface area contributed by atoms with Crippen molar-refractivity contribution in [3.8, 4) is 0 Å². The minimum absolute atomic E-state index is 0.204. The van der Waals surface area contributed by atoms with Crippen LogP contribution in [0.3, 0.4) is 0 Å². The lowest BCUT2D eigenvalue weighted by molar-refractivity contribution is -0.117. The Hall–Kier alpha value is -4.94. The minimum atomic E-state index is -0.699. The summed E-state index contributed by atoms with van der Waals surface area (Å²) in [6.07, 6.45) is 2.17. The molecule has 0 saturated carbocycles. The van der Waals surface area contributed by atoms with Crippen molar-refractivity contribution in [1.29, 1.82) is 0 Å². The van der Waals surface area contributed by atoms with E-state index in [4.69, 9.17) is 9.47 Å². The van der Waals surface area contributed by atoms with Gasteiger partial charge in [0.25, 0.3) is 5.91 Å². The first-order valence-corrected chi connectivity index (χ1v) is 17.1. The Morgan fingerprint density at radius 1 is 1.02 bits per heavy atom. The van der Waals surface area contributed by atoms with Crippen molar-refractivity contribution in [3.63, 3.8) is 0 Å². The highest BCUT2D eigenvalue weighted by molar-refractivity contribution is 6.05. The average Bonchev–Trinajstić information content (AvgIpc) is 3.68. The number of hydrogen-bond acceptors (Lipinski definition) is 8. The fraction of sp³-hybridized carbons (Fsp3) is 0.514. The Kier molecular flexibility index (Phi) is 11.9. The van der Waals surface area contributed by atoms with Crippen molar-refractivity contribution >= 4 is 46.5 Å². The second kappa shape index (κ2) is 15.7. The van der Waals surface area contributed by atoms with E-state index in [-0.39, 0.29) is 31.0 Å². The average molecular weight is 691 g/mol. The molecule has 1 aliphatic heterocycles. The Labute approximate surface area is 293 Å². The number of unbranched alkanes of at least 4 members (excludes halogenated alkanes) is 1. The maximum atomic E-state index is 13.2. The zero-order valence-corrected chi connectivity index (χ0v) is 30.4. The molecule has 1 atom stereocenters. The minimum Gasteiger partial charge on any atom is -0.444 e. The fourth-order valence-corrected chi connectivity index (χ4v) is 5.60. The molecule has 1 aromatic heterocycles. The number of aromatic nitrogens is 2. The van der Waals surface area contributed by atoms with Crippen LogP contribution in [0.1, 0.15) is 112 Å². The second-order valence-corrected chi connectivity index (χ2v) is 14.6. The van der Waals surface area contributed by atoms with Gasteiger partial charge >= 0.3 is 12.2 Å². The topological polar surface area (TPSA) is 163 Å². The third-order valence-electron chi connectivity index (χ3n) is 8.05. The number of benzene rings is 2. The molecule has 3 aromatic rings. The van der Waals surface area contributed by atoms with Crippen LogP contribution in [0.5, 0.6) is 0 Å². The van der Waals surface area contributed by atoms with E-state index in [9.17, 15) is 24.0 Å². The number of nitrogens with zero attached hydrogens (tertiary/aromatic N) is 3. The molecule has 2 aromatic carbocycles. The van der Waals surface area contributed by atoms with Crippen molar-refractivity contribution in [2.24, 2.45) is 0 Å². The molecule has 0 radical (unpaired) electrons. The van der Waals surface area contributed by atoms with Gasteiger partial charge < -0.3 is 25.1 Å². The van der Waals surface area contributed by atoms with E-state index in [1.54, 1.807) is 69.0 Å². The molecule has 1 aliphatic rings. The first kappa shape index (κ1) is 37.9. The maximum Gasteiger partial charge on any atom is 0.410 e. The number of H-pyrrole nitrogens is 1. The Morgan fingerprint density at radius 3 is 2.42 bits per heavy atom. The van der Waals surface area contributed by atoms with Gasteiger partial charge in [-0.3, -0.25) is 24.2 Å². The van der Waals surface area contributed by atoms with E-state index in [1.165, 1.54) is 4.90 Å². The van der Waals surface area contributed by atoms with Crippen molar-refractivity contribution < 1.29 is 33.4 Å². The first-order valence-electron chi connectivity index (χ1n) is 17.1. The third-order valence-corrected chi connectivity index (χ3v) is 8.05. The number of fused-ring (bicyclic) bond motifs is 1. The number of Topliss-reactive ketones (excluding diaryl/α,β-unsaturated/α-hetero) is 1. The molecule has 1 saturated heterocycles. The van der Waals surface area contributed by atoms with Crippen molar-refractivity contribution in [2.75, 3.05) is 31.5 Å². The van der Waals surface area contributed by atoms with Gasteiger partial charge in [0.1, 0.15) is 23.6 Å². The zero-order valence-electron chi connectivity index (χ0n) is 30.4. The standard InChI is InChI=1S/C37H50N6O7/c1-9-10-18-42(34(47)49-36(3,4)5)22-31(45)39-26-14-11-13-25(23(26)2)33(46)38-21-30(44)24-16-17-27-28(20-24)41-32(40-27)29-15-12-19-43(29)35(48)50-37(6,7)8/h11,13-14,16-17,20,29H,9-10,12,15,18-19,21-22H2,1-8H3,(H,38,46)(H,39,45)(H,40,41)/t29-/m0/s1. The first-order chi connectivity index (χ1) is 23.5. The molecule has 4 amide bonds. The van der Waals surface area contributed by atoms with Gasteiger partial charge in [-0.25, -0.2) is 14.6 Å². The Morgan fingerprint density at radius 2 is 1.74 bits per heavy atom. The molecule has 0 aliphatic carbocycles. The van der Waals surface area contributed by atoms with Crippen molar-refractivity contribution in [1.82, 2.24) is 25.1 Å². The number of nitrogens with one attached hydrogen (secondary N) is 3. The number of likely N-dealkylation sites (tertiary alicyclic amines) is 1. The lowest BCUT2D eigenvalue weighted by Gasteiger charge is -2.27. The number of amides is 4. The van der Waals surface area contributed by atoms with E-state index in [0.29, 0.717) is 58.7 Å². The van der Waals surface area contributed by atoms with E-state index in [1.807, 2.05) is 27.7 Å². The summed E-state index contributed by atoms with van der Waals surface area (Å²) in [5, 5.41) is 5.50. The highest BCUT2D eigenvalue weighted by Gasteiger charge is 2.35. The Bertz CT molecular complexity index is 1740. The number of ether oxygens (including phenoxy) is 2. The summed E-state index contributed by atoms with van der Waals surface area (Å²) in [6, 6.07) is 9.75. The summed E-state index contributed by atoms with van der Waals surface area (Å²) in [6.45, 7) is 15.0. The maximum absolute atomic E-state index is 13.2. The van der Waals surface area contributed by atoms with Crippen LogP contribution in [0.25, 0.3) is 11.0 Å². The number of ketones is 1. The number of carbonyl (C=O) groups excluding carboxylic acids is 5. The summed E-state index contributed by atoms with van der Waals surface area (Å²) in [5.41, 5.74) is 1.61. The van der Waals surface area contributed by atoms with E-state index < -0.39 is 29.1 Å². The highest BCUT2D eigenvalue weighted by Crippen LogP contribution is 2.33. The van der Waals surface area contributed by atoms with Crippen LogP contribution in [0, 0.1) is 6.92 Å². The summed E-state index contributed by atoms with van der Waals surface area (Å²) >= 11 is 0. The molecular weight excluding hydrogens is 640 g/mol. The number of carbonyl (C=O) groups is 5. The van der Waals surface area contributed by atoms with Gasteiger partial charge in [0.2, 0.25) is 5.91 Å². The van der Waals surface area contributed by atoms with Gasteiger partial charge in [0, 0.05) is 29.9 Å². The number of hydrogen-bond donors (Lipinski definition) is 3. The number of imidazole rings is 1. The van der Waals surface area contributed by atoms with Gasteiger partial charge in [-0.15, -0.1) is 0 Å². The van der Waals surface area contributed by atoms with E-state index >= 15 is 0 Å². The van der Waals surface area contributed by atoms with Crippen molar-refractivity contribution in [3.05, 3.63) is 58.9 Å². The molecule has 0 spiro atoms.